The zero-order valence-corrected chi connectivity index (χ0v) is 46.5. The van der Waals surface area contributed by atoms with E-state index < -0.39 is 0 Å². The molecule has 8 aliphatic rings. The predicted octanol–water partition coefficient (Wildman–Crippen LogP) is 11.4. The van der Waals surface area contributed by atoms with E-state index in [1.165, 1.54) is 11.1 Å². The summed E-state index contributed by atoms with van der Waals surface area (Å²) in [6.45, 7) is 0. The number of hydrogen-bond donors (Lipinski definition) is 0. The second kappa shape index (κ2) is 19.3. The Labute approximate surface area is 486 Å². The molecule has 2 fully saturated rings. The standard InChI is InChI=1S/C30H21Cl3N6O2.C30H22Cl2N6O2/c31-17-4-6-25(38-13-26(32)36-37-38)22(9-17)23-12-27(41)39-28(20-10-21(20)30(39)35-23)24-11-19(29(33)34-24)16-2-1-15-8-18(40)5-3-14(15)7-16;31-19-4-6-26(37-14-27(32)35-36-37)23(10-19)24-12-28(40)38-29(21-11-22(21)30(38)34-24)25-9-18(13-33-25)16-1-2-17-8-20(39)5-3-15(17)7-16/h1-2,4,6-7,9,12-13,20-21,28H,3,5,8,10-11H2;1-2,4,6-7,10,12-14,21-22,29H,3,5,8-9,11H2/t20-,21+,28-;21-,22+,29-/m00/s1. The molecule has 16 rings (SSSR count). The maximum Gasteiger partial charge on any atom is 0.254 e. The summed E-state index contributed by atoms with van der Waals surface area (Å²) in [7, 11) is 0. The summed E-state index contributed by atoms with van der Waals surface area (Å²) in [5.74, 6) is 3.15. The Kier molecular flexibility index (Phi) is 12.1. The van der Waals surface area contributed by atoms with E-state index in [-0.39, 0.29) is 57.0 Å². The molecule has 0 spiro atoms. The van der Waals surface area contributed by atoms with Gasteiger partial charge in [0, 0.05) is 107 Å². The number of allylic oxidation sites excluding steroid dienone is 2. The molecule has 4 aliphatic heterocycles. The van der Waals surface area contributed by atoms with Gasteiger partial charge in [-0.25, -0.2) is 24.3 Å². The number of benzene rings is 4. The number of nitrogens with zero attached hydrogens (tertiary/aromatic N) is 12. The van der Waals surface area contributed by atoms with Crippen molar-refractivity contribution in [2.75, 3.05) is 0 Å². The number of hydrogen-bond acceptors (Lipinski definition) is 12. The molecule has 0 bridgehead atoms. The molecule has 16 nitrogen and oxygen atoms in total. The van der Waals surface area contributed by atoms with Crippen LogP contribution in [0.3, 0.4) is 0 Å². The van der Waals surface area contributed by atoms with Crippen LogP contribution in [-0.4, -0.2) is 72.1 Å². The van der Waals surface area contributed by atoms with Crippen molar-refractivity contribution in [3.05, 3.63) is 195 Å². The Hall–Kier alpha value is -7.47. The highest BCUT2D eigenvalue weighted by molar-refractivity contribution is 6.35. The first kappa shape index (κ1) is 50.5. The number of carbonyl (C=O) groups excluding carboxylic acids is 2. The first-order valence-electron chi connectivity index (χ1n) is 26.8. The molecular weight excluding hydrogens is 1130 g/mol. The van der Waals surface area contributed by atoms with Crippen molar-refractivity contribution in [1.29, 1.82) is 0 Å². The van der Waals surface area contributed by atoms with Crippen LogP contribution in [0.4, 0.5) is 0 Å². The Bertz CT molecular complexity index is 4380. The number of fused-ring (bicyclic) bond motifs is 8. The lowest BCUT2D eigenvalue weighted by atomic mass is 9.87. The maximum atomic E-state index is 13.7. The van der Waals surface area contributed by atoms with Crippen molar-refractivity contribution in [3.8, 4) is 33.9 Å². The van der Waals surface area contributed by atoms with Crippen LogP contribution in [0.5, 0.6) is 0 Å². The molecule has 402 valence electrons. The van der Waals surface area contributed by atoms with Crippen molar-refractivity contribution in [2.45, 2.75) is 88.1 Å². The Morgan fingerprint density at radius 2 is 1.02 bits per heavy atom. The predicted molar refractivity (Wildman–Crippen MR) is 309 cm³/mol. The SMILES string of the molecule is O=C1CCc2cc(C3=C(Cl)N=C([C@@H]4[C@H]5C[C@H]5c5nc(-c6cc(Cl)ccc6-n6cc(Cl)nn6)cc(=O)n54)C3)ccc2C1.O=C1CCc2cc(C3=CN=C([C@@H]4[C@H]5C[C@H]5c5nc(-c6cc(Cl)ccc6-n6cc(Cl)nn6)cc(=O)n54)C3)ccc2C1. The van der Waals surface area contributed by atoms with Crippen LogP contribution < -0.4 is 11.1 Å². The normalized spacial score (nSPS) is 22.5. The minimum absolute atomic E-state index is 0.0917. The van der Waals surface area contributed by atoms with Crippen LogP contribution in [0.15, 0.2) is 128 Å². The van der Waals surface area contributed by atoms with Gasteiger partial charge in [0.05, 0.1) is 47.2 Å². The number of ketones is 2. The quantitative estimate of drug-likeness (QED) is 0.132. The fraction of sp³-hybridized carbons (Fsp3) is 0.267. The molecule has 0 amide bonds. The second-order valence-corrected chi connectivity index (χ2v) is 24.0. The minimum Gasteiger partial charge on any atom is -0.299 e. The van der Waals surface area contributed by atoms with Crippen molar-refractivity contribution in [3.63, 3.8) is 0 Å². The average Bonchev–Trinajstić information content (AvgIpc) is 3.30. The number of carbonyl (C=O) groups is 2. The largest absolute Gasteiger partial charge is 0.299 e. The molecule has 0 radical (unpaired) electrons. The number of halogens is 5. The lowest BCUT2D eigenvalue weighted by Crippen LogP contribution is -2.30. The third-order valence-corrected chi connectivity index (χ3v) is 18.2. The Morgan fingerprint density at radius 3 is 1.56 bits per heavy atom. The molecule has 0 saturated heterocycles. The molecule has 8 heterocycles. The van der Waals surface area contributed by atoms with Crippen LogP contribution in [0.2, 0.25) is 20.4 Å². The number of aryl methyl sites for hydroxylation is 2. The van der Waals surface area contributed by atoms with E-state index in [1.807, 2.05) is 29.0 Å². The maximum absolute atomic E-state index is 13.7. The van der Waals surface area contributed by atoms with Gasteiger partial charge in [-0.2, -0.15) is 0 Å². The number of aliphatic imine (C=N–C) groups is 2. The van der Waals surface area contributed by atoms with E-state index in [2.05, 4.69) is 44.9 Å². The molecule has 21 heteroatoms. The van der Waals surface area contributed by atoms with Crippen molar-refractivity contribution >= 4 is 92.1 Å². The van der Waals surface area contributed by atoms with Gasteiger partial charge in [0.2, 0.25) is 0 Å². The monoisotopic (exact) mass is 1170 g/mol. The van der Waals surface area contributed by atoms with Gasteiger partial charge in [-0.1, -0.05) is 105 Å². The third-order valence-electron chi connectivity index (χ3n) is 17.1. The first-order chi connectivity index (χ1) is 39.3. The van der Waals surface area contributed by atoms with Crippen LogP contribution >= 0.6 is 58.0 Å². The van der Waals surface area contributed by atoms with E-state index in [0.29, 0.717) is 99.3 Å². The smallest absolute Gasteiger partial charge is 0.254 e. The highest BCUT2D eigenvalue weighted by Gasteiger charge is 2.57. The molecule has 8 aromatic rings. The van der Waals surface area contributed by atoms with Crippen molar-refractivity contribution in [1.82, 2.24) is 49.1 Å². The fourth-order valence-corrected chi connectivity index (χ4v) is 14.0. The molecule has 0 unspecified atom stereocenters. The summed E-state index contributed by atoms with van der Waals surface area (Å²) < 4.78 is 6.74. The lowest BCUT2D eigenvalue weighted by molar-refractivity contribution is -0.119. The van der Waals surface area contributed by atoms with Gasteiger partial charge < -0.3 is 0 Å². The fourth-order valence-electron chi connectivity index (χ4n) is 13.1. The third kappa shape index (κ3) is 8.88. The number of rotatable bonds is 8. The first-order valence-corrected chi connectivity index (χ1v) is 28.7. The Balaban J connectivity index is 0.000000139. The van der Waals surface area contributed by atoms with Gasteiger partial charge in [-0.3, -0.25) is 33.3 Å². The molecular formula is C60H43Cl5N12O4. The van der Waals surface area contributed by atoms with Gasteiger partial charge in [-0.15, -0.1) is 10.2 Å². The molecule has 6 atom stereocenters. The van der Waals surface area contributed by atoms with Crippen LogP contribution in [-0.2, 0) is 35.3 Å². The van der Waals surface area contributed by atoms with Crippen LogP contribution in [0.25, 0.3) is 45.0 Å². The Morgan fingerprint density at radius 1 is 0.506 bits per heavy atom. The molecule has 2 saturated carbocycles. The summed E-state index contributed by atoms with van der Waals surface area (Å²) in [6, 6.07) is 26.1. The van der Waals surface area contributed by atoms with Gasteiger partial charge in [0.25, 0.3) is 11.1 Å². The van der Waals surface area contributed by atoms with Gasteiger partial charge in [0.15, 0.2) is 10.3 Å². The lowest BCUT2D eigenvalue weighted by Gasteiger charge is -2.20. The second-order valence-electron chi connectivity index (χ2n) is 22.0. The molecule has 0 N–H and O–H groups in total. The zero-order valence-electron chi connectivity index (χ0n) is 42.7. The summed E-state index contributed by atoms with van der Waals surface area (Å²) in [5.41, 5.74) is 14.4. The van der Waals surface area contributed by atoms with Gasteiger partial charge in [0.1, 0.15) is 28.4 Å². The van der Waals surface area contributed by atoms with E-state index in [9.17, 15) is 19.2 Å². The summed E-state index contributed by atoms with van der Waals surface area (Å²) in [5, 5.41) is 18.0. The van der Waals surface area contributed by atoms with Crippen molar-refractivity contribution < 1.29 is 9.59 Å². The minimum atomic E-state index is -0.182. The van der Waals surface area contributed by atoms with E-state index in [0.717, 1.165) is 82.2 Å². The highest BCUT2D eigenvalue weighted by Crippen LogP contribution is 2.61. The van der Waals surface area contributed by atoms with Gasteiger partial charge in [-0.05, 0) is 113 Å². The van der Waals surface area contributed by atoms with E-state index >= 15 is 0 Å². The summed E-state index contributed by atoms with van der Waals surface area (Å²) in [4.78, 5) is 70.7. The van der Waals surface area contributed by atoms with Crippen molar-refractivity contribution in [2.24, 2.45) is 21.8 Å². The molecule has 4 aliphatic carbocycles. The van der Waals surface area contributed by atoms with E-state index in [4.69, 9.17) is 78.0 Å². The van der Waals surface area contributed by atoms with Gasteiger partial charge >= 0.3 is 0 Å². The topological polar surface area (TPSA) is 190 Å². The van der Waals surface area contributed by atoms with Crippen LogP contribution in [0, 0.1) is 11.8 Å². The van der Waals surface area contributed by atoms with Crippen LogP contribution in [0.1, 0.15) is 107 Å². The number of aromatic nitrogens is 10. The van der Waals surface area contributed by atoms with E-state index in [1.54, 1.807) is 68.8 Å². The molecule has 81 heavy (non-hydrogen) atoms. The zero-order chi connectivity index (χ0) is 55.1. The summed E-state index contributed by atoms with van der Waals surface area (Å²) in [6.07, 6.45) is 12.1. The molecule has 4 aromatic heterocycles. The number of Topliss-reactive ketones (excluding diaryl/α,β-unsaturated/α-hetero) is 2. The summed E-state index contributed by atoms with van der Waals surface area (Å²) >= 11 is 31.5. The molecule has 4 aromatic carbocycles. The average molecular weight is 1170 g/mol. The highest BCUT2D eigenvalue weighted by atomic mass is 35.5.